The summed E-state index contributed by atoms with van der Waals surface area (Å²) in [5.41, 5.74) is 3.44. The van der Waals surface area contributed by atoms with Crippen molar-refractivity contribution in [3.05, 3.63) is 59.9 Å². The molecule has 0 radical (unpaired) electrons. The minimum atomic E-state index is -0.196. The molecule has 0 amide bonds. The van der Waals surface area contributed by atoms with Crippen LogP contribution in [0.3, 0.4) is 0 Å². The highest BCUT2D eigenvalue weighted by atomic mass is 19.1. The van der Waals surface area contributed by atoms with Crippen molar-refractivity contribution in [2.75, 3.05) is 14.1 Å². The van der Waals surface area contributed by atoms with Gasteiger partial charge in [0.15, 0.2) is 0 Å². The molecular formula is C15H16FN. The Kier molecular flexibility index (Phi) is 3.55. The third kappa shape index (κ3) is 3.14. The van der Waals surface area contributed by atoms with Gasteiger partial charge in [0.1, 0.15) is 5.82 Å². The summed E-state index contributed by atoms with van der Waals surface area (Å²) in [4.78, 5) is 2.13. The van der Waals surface area contributed by atoms with Gasteiger partial charge in [0.25, 0.3) is 0 Å². The molecule has 0 heterocycles. The Morgan fingerprint density at radius 2 is 1.65 bits per heavy atom. The fourth-order valence-corrected chi connectivity index (χ4v) is 1.86. The van der Waals surface area contributed by atoms with Gasteiger partial charge < -0.3 is 4.90 Å². The van der Waals surface area contributed by atoms with E-state index in [0.717, 1.165) is 17.7 Å². The first-order valence-electron chi connectivity index (χ1n) is 5.65. The maximum absolute atomic E-state index is 12.8. The second kappa shape index (κ2) is 5.11. The molecule has 0 saturated heterocycles. The largest absolute Gasteiger partial charge is 0.305 e. The average molecular weight is 229 g/mol. The van der Waals surface area contributed by atoms with Crippen LogP contribution in [0.1, 0.15) is 5.56 Å². The van der Waals surface area contributed by atoms with Crippen molar-refractivity contribution in [1.29, 1.82) is 0 Å². The molecule has 0 aliphatic heterocycles. The predicted molar refractivity (Wildman–Crippen MR) is 69.2 cm³/mol. The highest BCUT2D eigenvalue weighted by Gasteiger charge is 2.00. The fourth-order valence-electron chi connectivity index (χ4n) is 1.86. The Balaban J connectivity index is 2.29. The number of hydrogen-bond donors (Lipinski definition) is 0. The number of hydrogen-bond acceptors (Lipinski definition) is 1. The summed E-state index contributed by atoms with van der Waals surface area (Å²) < 4.78 is 12.8. The zero-order valence-corrected chi connectivity index (χ0v) is 10.2. The Hall–Kier alpha value is -1.67. The smallest absolute Gasteiger partial charge is 0.123 e. The fraction of sp³-hybridized carbons (Fsp3) is 0.200. The van der Waals surface area contributed by atoms with E-state index < -0.39 is 0 Å². The Morgan fingerprint density at radius 3 is 2.29 bits per heavy atom. The van der Waals surface area contributed by atoms with Crippen LogP contribution in [0, 0.1) is 5.82 Å². The van der Waals surface area contributed by atoms with Crippen molar-refractivity contribution in [1.82, 2.24) is 4.90 Å². The number of nitrogens with zero attached hydrogens (tertiary/aromatic N) is 1. The van der Waals surface area contributed by atoms with Crippen LogP contribution in [-0.4, -0.2) is 19.0 Å². The van der Waals surface area contributed by atoms with E-state index in [1.165, 1.54) is 17.7 Å². The first kappa shape index (κ1) is 11.8. The van der Waals surface area contributed by atoms with E-state index in [4.69, 9.17) is 0 Å². The molecule has 0 saturated carbocycles. The van der Waals surface area contributed by atoms with Crippen molar-refractivity contribution >= 4 is 0 Å². The van der Waals surface area contributed by atoms with E-state index in [9.17, 15) is 4.39 Å². The molecule has 0 aliphatic rings. The van der Waals surface area contributed by atoms with Crippen LogP contribution in [-0.2, 0) is 6.54 Å². The maximum atomic E-state index is 12.8. The third-order valence-corrected chi connectivity index (χ3v) is 2.60. The molecule has 0 atom stereocenters. The van der Waals surface area contributed by atoms with E-state index in [1.54, 1.807) is 0 Å². The van der Waals surface area contributed by atoms with E-state index in [1.807, 2.05) is 38.4 Å². The highest BCUT2D eigenvalue weighted by molar-refractivity contribution is 5.63. The van der Waals surface area contributed by atoms with Gasteiger partial charge in [-0.1, -0.05) is 30.3 Å². The van der Waals surface area contributed by atoms with Gasteiger partial charge in [-0.15, -0.1) is 0 Å². The first-order chi connectivity index (χ1) is 8.15. The molecule has 1 nitrogen and oxygen atoms in total. The van der Waals surface area contributed by atoms with Crippen LogP contribution in [0.15, 0.2) is 48.5 Å². The predicted octanol–water partition coefficient (Wildman–Crippen LogP) is 3.55. The molecule has 2 heteroatoms. The van der Waals surface area contributed by atoms with Crippen molar-refractivity contribution in [3.63, 3.8) is 0 Å². The summed E-state index contributed by atoms with van der Waals surface area (Å²) in [5, 5.41) is 0. The summed E-state index contributed by atoms with van der Waals surface area (Å²) >= 11 is 0. The summed E-state index contributed by atoms with van der Waals surface area (Å²) in [5.74, 6) is -0.196. The van der Waals surface area contributed by atoms with E-state index in [-0.39, 0.29) is 5.82 Å². The molecule has 2 aromatic carbocycles. The lowest BCUT2D eigenvalue weighted by atomic mass is 10.0. The number of halogens is 1. The van der Waals surface area contributed by atoms with E-state index in [0.29, 0.717) is 0 Å². The van der Waals surface area contributed by atoms with Gasteiger partial charge in [0.2, 0.25) is 0 Å². The molecular weight excluding hydrogens is 213 g/mol. The summed E-state index contributed by atoms with van der Waals surface area (Å²) in [6.45, 7) is 0.912. The quantitative estimate of drug-likeness (QED) is 0.778. The topological polar surface area (TPSA) is 3.24 Å². The van der Waals surface area contributed by atoms with Gasteiger partial charge in [-0.25, -0.2) is 4.39 Å². The highest BCUT2D eigenvalue weighted by Crippen LogP contribution is 2.21. The van der Waals surface area contributed by atoms with E-state index >= 15 is 0 Å². The van der Waals surface area contributed by atoms with Crippen molar-refractivity contribution in [3.8, 4) is 11.1 Å². The first-order valence-corrected chi connectivity index (χ1v) is 5.65. The molecule has 0 aromatic heterocycles. The minimum absolute atomic E-state index is 0.196. The molecule has 17 heavy (non-hydrogen) atoms. The van der Waals surface area contributed by atoms with Gasteiger partial charge >= 0.3 is 0 Å². The minimum Gasteiger partial charge on any atom is -0.305 e. The van der Waals surface area contributed by atoms with Crippen LogP contribution in [0.5, 0.6) is 0 Å². The van der Waals surface area contributed by atoms with Crippen LogP contribution in [0.25, 0.3) is 11.1 Å². The van der Waals surface area contributed by atoms with Crippen LogP contribution >= 0.6 is 0 Å². The summed E-state index contributed by atoms with van der Waals surface area (Å²) in [6.07, 6.45) is 0. The number of rotatable bonds is 3. The lowest BCUT2D eigenvalue weighted by molar-refractivity contribution is 0.402. The Bertz CT molecular complexity index is 489. The molecule has 2 aromatic rings. The molecule has 0 bridgehead atoms. The standard InChI is InChI=1S/C15H16FN/c1-17(2)11-12-4-3-5-14(10-12)13-6-8-15(16)9-7-13/h3-10H,11H2,1-2H3. The molecule has 0 fully saturated rings. The Labute approximate surface area is 102 Å². The average Bonchev–Trinajstić information content (AvgIpc) is 2.29. The van der Waals surface area contributed by atoms with Gasteiger partial charge in [0, 0.05) is 6.54 Å². The third-order valence-electron chi connectivity index (χ3n) is 2.60. The molecule has 0 aliphatic carbocycles. The Morgan fingerprint density at radius 1 is 0.941 bits per heavy atom. The molecule has 0 spiro atoms. The maximum Gasteiger partial charge on any atom is 0.123 e. The molecule has 88 valence electrons. The van der Waals surface area contributed by atoms with Gasteiger partial charge in [-0.3, -0.25) is 0 Å². The zero-order chi connectivity index (χ0) is 12.3. The second-order valence-electron chi connectivity index (χ2n) is 4.45. The van der Waals surface area contributed by atoms with Crippen LogP contribution in [0.2, 0.25) is 0 Å². The monoisotopic (exact) mass is 229 g/mol. The van der Waals surface area contributed by atoms with E-state index in [2.05, 4.69) is 17.0 Å². The van der Waals surface area contributed by atoms with Crippen LogP contribution in [0.4, 0.5) is 4.39 Å². The SMILES string of the molecule is CN(C)Cc1cccc(-c2ccc(F)cc2)c1. The van der Waals surface area contributed by atoms with Crippen molar-refractivity contribution < 1.29 is 4.39 Å². The van der Waals surface area contributed by atoms with Gasteiger partial charge in [-0.05, 0) is 49.0 Å². The zero-order valence-electron chi connectivity index (χ0n) is 10.2. The lowest BCUT2D eigenvalue weighted by Gasteiger charge is -2.11. The van der Waals surface area contributed by atoms with Crippen molar-refractivity contribution in [2.45, 2.75) is 6.54 Å². The summed E-state index contributed by atoms with van der Waals surface area (Å²) in [6, 6.07) is 14.9. The molecule has 0 unspecified atom stereocenters. The molecule has 2 rings (SSSR count). The summed E-state index contributed by atoms with van der Waals surface area (Å²) in [7, 11) is 4.09. The number of benzene rings is 2. The normalized spacial score (nSPS) is 10.8. The van der Waals surface area contributed by atoms with Gasteiger partial charge in [-0.2, -0.15) is 0 Å². The van der Waals surface area contributed by atoms with Gasteiger partial charge in [0.05, 0.1) is 0 Å². The van der Waals surface area contributed by atoms with Crippen LogP contribution < -0.4 is 0 Å². The second-order valence-corrected chi connectivity index (χ2v) is 4.45. The van der Waals surface area contributed by atoms with Crippen molar-refractivity contribution in [2.24, 2.45) is 0 Å². The molecule has 0 N–H and O–H groups in total. The lowest BCUT2D eigenvalue weighted by Crippen LogP contribution is -2.10.